The number of anilines is 1. The predicted molar refractivity (Wildman–Crippen MR) is 194 cm³/mol. The first-order chi connectivity index (χ1) is 25.5. The molecular formula is C35H42ClF3N6O7S2. The molecule has 1 aromatic heterocycles. The van der Waals surface area contributed by atoms with Gasteiger partial charge in [-0.25, -0.2) is 18.2 Å². The van der Waals surface area contributed by atoms with E-state index in [-0.39, 0.29) is 37.1 Å². The first kappa shape index (κ1) is 39.8. The van der Waals surface area contributed by atoms with Crippen molar-refractivity contribution in [3.63, 3.8) is 0 Å². The zero-order valence-corrected chi connectivity index (χ0v) is 31.8. The molecule has 294 valence electrons. The fourth-order valence-electron chi connectivity index (χ4n) is 7.24. The van der Waals surface area contributed by atoms with Crippen LogP contribution in [-0.4, -0.2) is 83.0 Å². The molecule has 3 heterocycles. The summed E-state index contributed by atoms with van der Waals surface area (Å²) < 4.78 is 73.1. The number of sulfonamides is 1. The van der Waals surface area contributed by atoms with Crippen molar-refractivity contribution in [3.8, 4) is 0 Å². The zero-order valence-electron chi connectivity index (χ0n) is 29.4. The molecule has 2 aromatic rings. The monoisotopic (exact) mass is 814 g/mol. The van der Waals surface area contributed by atoms with Crippen LogP contribution in [0.25, 0.3) is 0 Å². The molecule has 1 aromatic carbocycles. The van der Waals surface area contributed by atoms with E-state index in [0.29, 0.717) is 42.0 Å². The van der Waals surface area contributed by atoms with Crippen LogP contribution in [-0.2, 0) is 48.4 Å². The van der Waals surface area contributed by atoms with Crippen LogP contribution in [0.2, 0.25) is 5.02 Å². The normalized spacial score (nSPS) is 22.2. The third-order valence-corrected chi connectivity index (χ3v) is 13.4. The number of nitrogens with zero attached hydrogens (tertiary/aromatic N) is 3. The fourth-order valence-corrected chi connectivity index (χ4v) is 9.64. The second-order valence-electron chi connectivity index (χ2n) is 14.3. The van der Waals surface area contributed by atoms with Crippen molar-refractivity contribution in [2.45, 2.75) is 107 Å². The Morgan fingerprint density at radius 1 is 1.11 bits per heavy atom. The van der Waals surface area contributed by atoms with Crippen molar-refractivity contribution in [1.29, 1.82) is 0 Å². The van der Waals surface area contributed by atoms with Crippen molar-refractivity contribution in [3.05, 3.63) is 58.1 Å². The van der Waals surface area contributed by atoms with Crippen molar-refractivity contribution in [1.82, 2.24) is 24.8 Å². The van der Waals surface area contributed by atoms with Gasteiger partial charge in [-0.1, -0.05) is 56.0 Å². The second-order valence-corrected chi connectivity index (χ2v) is 17.5. The van der Waals surface area contributed by atoms with Gasteiger partial charge in [0.15, 0.2) is 10.8 Å². The number of benzene rings is 1. The largest absolute Gasteiger partial charge is 0.444 e. The Hall–Kier alpha value is -3.90. The summed E-state index contributed by atoms with van der Waals surface area (Å²) in [6, 6.07) is 2.01. The number of carbonyl (C=O) groups is 4. The Kier molecular flexibility index (Phi) is 11.8. The van der Waals surface area contributed by atoms with Crippen molar-refractivity contribution in [2.75, 3.05) is 11.9 Å². The summed E-state index contributed by atoms with van der Waals surface area (Å²) in [5.74, 6) is -3.50. The molecule has 1 saturated heterocycles. The minimum Gasteiger partial charge on any atom is -0.444 e. The van der Waals surface area contributed by atoms with Gasteiger partial charge in [0.1, 0.15) is 18.2 Å². The van der Waals surface area contributed by atoms with Gasteiger partial charge in [-0.05, 0) is 48.8 Å². The van der Waals surface area contributed by atoms with E-state index in [1.54, 1.807) is 12.1 Å². The third kappa shape index (κ3) is 8.96. The van der Waals surface area contributed by atoms with E-state index in [4.69, 9.17) is 16.3 Å². The van der Waals surface area contributed by atoms with Crippen LogP contribution < -0.4 is 15.4 Å². The minimum atomic E-state index is -4.68. The summed E-state index contributed by atoms with van der Waals surface area (Å²) >= 11 is 7.05. The highest BCUT2D eigenvalue weighted by Crippen LogP contribution is 2.36. The van der Waals surface area contributed by atoms with Gasteiger partial charge in [0.05, 0.1) is 30.3 Å². The van der Waals surface area contributed by atoms with Gasteiger partial charge in [0, 0.05) is 23.4 Å². The molecule has 0 spiro atoms. The van der Waals surface area contributed by atoms with Crippen LogP contribution in [0.1, 0.15) is 75.1 Å². The smallest absolute Gasteiger partial charge is 0.434 e. The van der Waals surface area contributed by atoms with Gasteiger partial charge in [-0.15, -0.1) is 17.9 Å². The molecule has 13 nitrogen and oxygen atoms in total. The molecule has 2 saturated carbocycles. The minimum absolute atomic E-state index is 0.102. The lowest BCUT2D eigenvalue weighted by molar-refractivity contribution is -0.141. The zero-order chi connectivity index (χ0) is 38.9. The number of rotatable bonds is 12. The van der Waals surface area contributed by atoms with Crippen LogP contribution in [0, 0.1) is 11.8 Å². The topological polar surface area (TPSA) is 167 Å². The molecule has 2 aliphatic carbocycles. The number of hydrogen-bond acceptors (Lipinski definition) is 10. The second kappa shape index (κ2) is 16.1. The molecule has 0 radical (unpaired) electrons. The SMILES string of the molecule is C=C[C@H](NC(=O)[C@@H]1C[C@@H](OC(=O)N2Cc3cccc(Cl)c3C2)CN1C(=O)[C@@H](Nc1nc(C(F)(F)F)cs1)C1CCCCC1)[C@@H](C)C(=O)NS(=O)(=O)C1CC1. The fraction of sp³-hybridized carbons (Fsp3) is 0.571. The Labute approximate surface area is 320 Å². The highest BCUT2D eigenvalue weighted by molar-refractivity contribution is 7.90. The highest BCUT2D eigenvalue weighted by atomic mass is 35.5. The van der Waals surface area contributed by atoms with E-state index in [0.717, 1.165) is 35.8 Å². The summed E-state index contributed by atoms with van der Waals surface area (Å²) in [6.45, 7) is 5.39. The third-order valence-electron chi connectivity index (χ3n) is 10.5. The molecular weight excluding hydrogens is 773 g/mol. The molecule has 5 atom stereocenters. The number of likely N-dealkylation sites (tertiary alicyclic amines) is 1. The molecule has 4 aliphatic rings. The average molecular weight is 815 g/mol. The van der Waals surface area contributed by atoms with Crippen molar-refractivity contribution >= 4 is 61.9 Å². The van der Waals surface area contributed by atoms with Gasteiger partial charge in [0.2, 0.25) is 27.7 Å². The summed E-state index contributed by atoms with van der Waals surface area (Å²) in [4.78, 5) is 61.5. The molecule has 4 amide bonds. The lowest BCUT2D eigenvalue weighted by Crippen LogP contribution is -2.55. The quantitative estimate of drug-likeness (QED) is 0.244. The predicted octanol–water partition coefficient (Wildman–Crippen LogP) is 5.21. The van der Waals surface area contributed by atoms with Crippen molar-refractivity contribution < 1.29 is 45.5 Å². The number of amides is 4. The Morgan fingerprint density at radius 3 is 2.46 bits per heavy atom. The molecule has 6 rings (SSSR count). The van der Waals surface area contributed by atoms with Crippen molar-refractivity contribution in [2.24, 2.45) is 11.8 Å². The number of fused-ring (bicyclic) bond motifs is 1. The maximum absolute atomic E-state index is 14.6. The van der Waals surface area contributed by atoms with Gasteiger partial charge < -0.3 is 20.3 Å². The number of carbonyl (C=O) groups excluding carboxylic acids is 4. The van der Waals surface area contributed by atoms with Gasteiger partial charge in [0.25, 0.3) is 0 Å². The van der Waals surface area contributed by atoms with Gasteiger partial charge in [-0.3, -0.25) is 24.0 Å². The van der Waals surface area contributed by atoms with Gasteiger partial charge >= 0.3 is 12.3 Å². The first-order valence-electron chi connectivity index (χ1n) is 17.9. The summed E-state index contributed by atoms with van der Waals surface area (Å²) in [5, 5.41) is 6.27. The Bertz CT molecular complexity index is 1890. The lowest BCUT2D eigenvalue weighted by atomic mass is 9.83. The highest BCUT2D eigenvalue weighted by Gasteiger charge is 2.47. The average Bonchev–Trinajstić information content (AvgIpc) is 3.51. The maximum atomic E-state index is 14.6. The number of nitrogens with one attached hydrogen (secondary N) is 3. The molecule has 3 N–H and O–H groups in total. The van der Waals surface area contributed by atoms with E-state index in [9.17, 15) is 40.8 Å². The van der Waals surface area contributed by atoms with Crippen LogP contribution in [0.15, 0.2) is 36.2 Å². The molecule has 0 unspecified atom stereocenters. The number of thiazole rings is 1. The van der Waals surface area contributed by atoms with E-state index in [2.05, 4.69) is 26.9 Å². The van der Waals surface area contributed by atoms with E-state index < -0.39 is 81.1 Å². The lowest BCUT2D eigenvalue weighted by Gasteiger charge is -2.35. The standard InChI is InChI=1S/C35H42ClF3N6O7S2/c1-3-26(19(2)30(46)43-54(50,51)23-12-13-23)40-31(47)27-14-22(52-34(49)44-15-21-10-7-11-25(36)24(21)17-44)16-45(27)32(48)29(20-8-5-4-6-9-20)42-33-41-28(18-53-33)35(37,38)39/h3,7,10-11,18-20,22-23,26-27,29H,1,4-6,8-9,12-17H2,2H3,(H,40,47)(H,41,42)(H,43,46)/t19-,22-,26+,27+,29+/m1/s1. The van der Waals surface area contributed by atoms with E-state index >= 15 is 0 Å². The summed E-state index contributed by atoms with van der Waals surface area (Å²) in [5.41, 5.74) is 0.544. The Balaban J connectivity index is 1.23. The number of ether oxygens (including phenoxy) is 1. The molecule has 2 aliphatic heterocycles. The summed E-state index contributed by atoms with van der Waals surface area (Å²) in [7, 11) is -3.87. The number of alkyl halides is 3. The summed E-state index contributed by atoms with van der Waals surface area (Å²) in [6.07, 6.45) is -0.536. The van der Waals surface area contributed by atoms with Crippen LogP contribution >= 0.6 is 22.9 Å². The number of hydrogen-bond donors (Lipinski definition) is 3. The molecule has 3 fully saturated rings. The number of aromatic nitrogens is 1. The van der Waals surface area contributed by atoms with Gasteiger partial charge in [-0.2, -0.15) is 13.2 Å². The van der Waals surface area contributed by atoms with Crippen LogP contribution in [0.3, 0.4) is 0 Å². The van der Waals surface area contributed by atoms with E-state index in [1.807, 2.05) is 6.07 Å². The van der Waals surface area contributed by atoms with Crippen LogP contribution in [0.4, 0.5) is 23.1 Å². The molecule has 54 heavy (non-hydrogen) atoms. The van der Waals surface area contributed by atoms with E-state index in [1.165, 1.54) is 22.8 Å². The molecule has 0 bridgehead atoms. The van der Waals surface area contributed by atoms with Crippen LogP contribution in [0.5, 0.6) is 0 Å². The maximum Gasteiger partial charge on any atom is 0.434 e. The number of halogens is 4. The Morgan fingerprint density at radius 2 is 1.83 bits per heavy atom. The first-order valence-corrected chi connectivity index (χ1v) is 20.7. The molecule has 19 heteroatoms.